The van der Waals surface area contributed by atoms with E-state index in [0.717, 1.165) is 10.9 Å². The van der Waals surface area contributed by atoms with Crippen LogP contribution in [-0.2, 0) is 32.0 Å². The van der Waals surface area contributed by atoms with Crippen LogP contribution in [0.3, 0.4) is 0 Å². The number of carbonyl (C=O) groups excluding carboxylic acids is 3. The number of rotatable bonds is 13. The van der Waals surface area contributed by atoms with E-state index < -0.39 is 61.1 Å². The largest absolute Gasteiger partial charge is 0.480 e. The van der Waals surface area contributed by atoms with Crippen molar-refractivity contribution in [1.29, 1.82) is 0 Å². The number of aliphatic carboxylic acids is 1. The number of amides is 3. The molecule has 4 unspecified atom stereocenters. The van der Waals surface area contributed by atoms with Crippen LogP contribution in [0.1, 0.15) is 11.1 Å². The molecule has 0 bridgehead atoms. The Kier molecular flexibility index (Phi) is 9.93. The Morgan fingerprint density at radius 2 is 1.37 bits per heavy atom. The molecule has 12 nitrogen and oxygen atoms in total. The molecule has 12 heteroatoms. The molecule has 1 aromatic heterocycles. The Morgan fingerprint density at radius 3 is 2.03 bits per heavy atom. The van der Waals surface area contributed by atoms with Crippen LogP contribution in [0.25, 0.3) is 10.9 Å². The van der Waals surface area contributed by atoms with E-state index in [1.54, 1.807) is 36.5 Å². The first-order chi connectivity index (χ1) is 18.2. The van der Waals surface area contributed by atoms with Gasteiger partial charge in [-0.3, -0.25) is 14.4 Å². The Balaban J connectivity index is 1.71. The van der Waals surface area contributed by atoms with Crippen LogP contribution < -0.4 is 21.7 Å². The van der Waals surface area contributed by atoms with Crippen molar-refractivity contribution in [2.24, 2.45) is 5.73 Å². The number of nitrogens with one attached hydrogen (secondary N) is 4. The maximum atomic E-state index is 13.0. The standard InChI is InChI=1S/C26H31N5O7/c27-18(13-32)23(34)29-20(10-15-6-2-1-3-7-15)24(35)31-22(14-33)25(36)30-21(26(37)38)11-16-12-28-19-9-5-4-8-17(16)19/h1-9,12,18,20-22,28,32-33H,10-11,13-14,27H2,(H,29,34)(H,30,36)(H,31,35)(H,37,38). The van der Waals surface area contributed by atoms with Gasteiger partial charge in [0.15, 0.2) is 0 Å². The van der Waals surface area contributed by atoms with Gasteiger partial charge in [0, 0.05) is 29.9 Å². The minimum Gasteiger partial charge on any atom is -0.480 e. The molecule has 0 saturated carbocycles. The second-order valence-corrected chi connectivity index (χ2v) is 8.75. The molecule has 2 aromatic carbocycles. The van der Waals surface area contributed by atoms with Crippen molar-refractivity contribution < 1.29 is 34.5 Å². The molecule has 0 saturated heterocycles. The summed E-state index contributed by atoms with van der Waals surface area (Å²) in [6.07, 6.45) is 1.66. The SMILES string of the molecule is NC(CO)C(=O)NC(Cc1ccccc1)C(=O)NC(CO)C(=O)NC(Cc1c[nH]c2ccccc12)C(=O)O. The summed E-state index contributed by atoms with van der Waals surface area (Å²) in [5, 5.41) is 36.6. The topological polar surface area (TPSA) is 207 Å². The van der Waals surface area contributed by atoms with Crippen LogP contribution in [0.5, 0.6) is 0 Å². The number of hydrogen-bond donors (Lipinski definition) is 8. The van der Waals surface area contributed by atoms with Crippen molar-refractivity contribution >= 4 is 34.6 Å². The zero-order valence-electron chi connectivity index (χ0n) is 20.5. The van der Waals surface area contributed by atoms with Gasteiger partial charge >= 0.3 is 5.97 Å². The fraction of sp³-hybridized carbons (Fsp3) is 0.308. The van der Waals surface area contributed by atoms with Crippen molar-refractivity contribution in [2.75, 3.05) is 13.2 Å². The van der Waals surface area contributed by atoms with E-state index in [1.807, 2.05) is 24.3 Å². The molecule has 3 amide bonds. The number of H-pyrrole nitrogens is 1. The van der Waals surface area contributed by atoms with E-state index in [9.17, 15) is 29.4 Å². The maximum absolute atomic E-state index is 13.0. The molecule has 9 N–H and O–H groups in total. The molecule has 0 aliphatic heterocycles. The summed E-state index contributed by atoms with van der Waals surface area (Å²) in [6, 6.07) is 10.7. The van der Waals surface area contributed by atoms with Crippen molar-refractivity contribution in [1.82, 2.24) is 20.9 Å². The zero-order valence-corrected chi connectivity index (χ0v) is 20.5. The van der Waals surface area contributed by atoms with E-state index in [4.69, 9.17) is 10.8 Å². The Hall–Kier alpha value is -4.26. The first kappa shape index (κ1) is 28.3. The van der Waals surface area contributed by atoms with Gasteiger partial charge in [0.1, 0.15) is 24.2 Å². The third-order valence-electron chi connectivity index (χ3n) is 5.98. The van der Waals surface area contributed by atoms with E-state index in [2.05, 4.69) is 20.9 Å². The van der Waals surface area contributed by atoms with Crippen molar-refractivity contribution in [3.8, 4) is 0 Å². The molecule has 1 heterocycles. The van der Waals surface area contributed by atoms with Gasteiger partial charge in [0.25, 0.3) is 0 Å². The van der Waals surface area contributed by atoms with Gasteiger partial charge in [-0.25, -0.2) is 4.79 Å². The number of aromatic amines is 1. The van der Waals surface area contributed by atoms with E-state index in [0.29, 0.717) is 11.1 Å². The average Bonchev–Trinajstić information content (AvgIpc) is 3.33. The van der Waals surface area contributed by atoms with Crippen LogP contribution in [0.2, 0.25) is 0 Å². The predicted octanol–water partition coefficient (Wildman–Crippen LogP) is -1.20. The van der Waals surface area contributed by atoms with Crippen molar-refractivity contribution in [3.63, 3.8) is 0 Å². The number of aliphatic hydroxyl groups is 2. The fourth-order valence-corrected chi connectivity index (χ4v) is 3.88. The van der Waals surface area contributed by atoms with E-state index >= 15 is 0 Å². The number of aromatic nitrogens is 1. The van der Waals surface area contributed by atoms with E-state index in [1.165, 1.54) is 0 Å². The number of nitrogens with two attached hydrogens (primary N) is 1. The fourth-order valence-electron chi connectivity index (χ4n) is 3.88. The first-order valence-electron chi connectivity index (χ1n) is 11.9. The summed E-state index contributed by atoms with van der Waals surface area (Å²) in [7, 11) is 0. The Bertz CT molecular complexity index is 1260. The first-order valence-corrected chi connectivity index (χ1v) is 11.9. The highest BCUT2D eigenvalue weighted by atomic mass is 16.4. The lowest BCUT2D eigenvalue weighted by molar-refractivity contribution is -0.142. The number of aliphatic hydroxyl groups excluding tert-OH is 2. The predicted molar refractivity (Wildman–Crippen MR) is 138 cm³/mol. The molecular formula is C26H31N5O7. The molecule has 0 aliphatic rings. The van der Waals surface area contributed by atoms with Crippen LogP contribution in [0.15, 0.2) is 60.8 Å². The smallest absolute Gasteiger partial charge is 0.326 e. The second kappa shape index (κ2) is 13.3. The van der Waals surface area contributed by atoms with E-state index in [-0.39, 0.29) is 12.8 Å². The summed E-state index contributed by atoms with van der Waals surface area (Å²) in [6.45, 7) is -1.46. The normalized spacial score (nSPS) is 14.2. The van der Waals surface area contributed by atoms with Crippen LogP contribution >= 0.6 is 0 Å². The molecule has 0 spiro atoms. The van der Waals surface area contributed by atoms with Gasteiger partial charge in [0.2, 0.25) is 17.7 Å². The van der Waals surface area contributed by atoms with Gasteiger partial charge in [-0.2, -0.15) is 0 Å². The van der Waals surface area contributed by atoms with Crippen molar-refractivity contribution in [2.45, 2.75) is 37.0 Å². The van der Waals surface area contributed by atoms with Gasteiger partial charge in [-0.05, 0) is 17.2 Å². The monoisotopic (exact) mass is 525 g/mol. The third-order valence-corrected chi connectivity index (χ3v) is 5.98. The lowest BCUT2D eigenvalue weighted by Gasteiger charge is -2.24. The summed E-state index contributed by atoms with van der Waals surface area (Å²) in [5.41, 5.74) is 7.73. The Morgan fingerprint density at radius 1 is 0.763 bits per heavy atom. The summed E-state index contributed by atoms with van der Waals surface area (Å²) < 4.78 is 0. The number of hydrogen-bond acceptors (Lipinski definition) is 7. The highest BCUT2D eigenvalue weighted by Crippen LogP contribution is 2.19. The van der Waals surface area contributed by atoms with Gasteiger partial charge in [0.05, 0.1) is 13.2 Å². The quantitative estimate of drug-likeness (QED) is 0.136. The number of fused-ring (bicyclic) bond motifs is 1. The van der Waals surface area contributed by atoms with Gasteiger partial charge < -0.3 is 42.0 Å². The third kappa shape index (κ3) is 7.38. The number of carboxylic acids is 1. The molecule has 38 heavy (non-hydrogen) atoms. The summed E-state index contributed by atoms with van der Waals surface area (Å²) in [4.78, 5) is 53.1. The maximum Gasteiger partial charge on any atom is 0.326 e. The van der Waals surface area contributed by atoms with Crippen molar-refractivity contribution in [3.05, 3.63) is 71.9 Å². The minimum atomic E-state index is -1.49. The number of carbonyl (C=O) groups is 4. The molecule has 3 rings (SSSR count). The molecular weight excluding hydrogens is 494 g/mol. The lowest BCUT2D eigenvalue weighted by atomic mass is 10.0. The van der Waals surface area contributed by atoms with Gasteiger partial charge in [-0.15, -0.1) is 0 Å². The number of benzene rings is 2. The summed E-state index contributed by atoms with van der Waals surface area (Å²) >= 11 is 0. The van der Waals surface area contributed by atoms with Crippen LogP contribution in [0, 0.1) is 0 Å². The number of para-hydroxylation sites is 1. The molecule has 4 atom stereocenters. The second-order valence-electron chi connectivity index (χ2n) is 8.75. The van der Waals surface area contributed by atoms with Crippen LogP contribution in [-0.4, -0.2) is 81.4 Å². The molecule has 0 radical (unpaired) electrons. The minimum absolute atomic E-state index is 0.0364. The molecule has 0 fully saturated rings. The van der Waals surface area contributed by atoms with Crippen LogP contribution in [0.4, 0.5) is 0 Å². The molecule has 202 valence electrons. The lowest BCUT2D eigenvalue weighted by Crippen LogP contribution is -2.59. The zero-order chi connectivity index (χ0) is 27.7. The molecule has 0 aliphatic carbocycles. The highest BCUT2D eigenvalue weighted by molar-refractivity contribution is 5.94. The highest BCUT2D eigenvalue weighted by Gasteiger charge is 2.30. The Labute approximate surface area is 218 Å². The molecule has 3 aromatic rings. The van der Waals surface area contributed by atoms with Gasteiger partial charge in [-0.1, -0.05) is 48.5 Å². The number of carboxylic acid groups (broad SMARTS) is 1. The average molecular weight is 526 g/mol. The summed E-state index contributed by atoms with van der Waals surface area (Å²) in [5.74, 6) is -3.79.